The van der Waals surface area contributed by atoms with Gasteiger partial charge in [-0.05, 0) is 80.5 Å². The monoisotopic (exact) mass is 749 g/mol. The number of nitrogens with zero attached hydrogens (tertiary/aromatic N) is 7. The van der Waals surface area contributed by atoms with Gasteiger partial charge in [-0.3, -0.25) is 29.3 Å². The van der Waals surface area contributed by atoms with E-state index in [1.54, 1.807) is 25.3 Å². The minimum atomic E-state index is -0.994. The quantitative estimate of drug-likeness (QED) is 0.146. The lowest BCUT2D eigenvalue weighted by Crippen LogP contribution is -2.51. The highest BCUT2D eigenvalue weighted by atomic mass is 19.1. The highest BCUT2D eigenvalue weighted by Crippen LogP contribution is 2.35. The van der Waals surface area contributed by atoms with Gasteiger partial charge in [-0.15, -0.1) is 0 Å². The predicted molar refractivity (Wildman–Crippen MR) is 200 cm³/mol. The summed E-state index contributed by atoms with van der Waals surface area (Å²) in [5.74, 6) is -3.39. The van der Waals surface area contributed by atoms with Crippen LogP contribution >= 0.6 is 0 Å². The fraction of sp³-hybridized carbons (Fsp3) is 0.400. The van der Waals surface area contributed by atoms with Gasteiger partial charge < -0.3 is 15.0 Å². The molecule has 8 rings (SSSR count). The van der Waals surface area contributed by atoms with Gasteiger partial charge in [-0.25, -0.2) is 18.1 Å². The molecule has 284 valence electrons. The number of amides is 3. The summed E-state index contributed by atoms with van der Waals surface area (Å²) in [6.07, 6.45) is 8.23. The molecule has 1 aliphatic carbocycles. The minimum absolute atomic E-state index is 0.0636. The van der Waals surface area contributed by atoms with Gasteiger partial charge in [0, 0.05) is 68.4 Å². The standard InChI is InChI=1S/C40H41F2N9O4/c1-43-26-20-29-7-9-35(51(29)44-22-26)40(54)45-34-19-25-23-50(47-33(25)21-36(34)55-2)28-5-3-27(4-6-28)49-15-13-48(14-16-49)12-11-24-17-31(41)38(32(42)18-24)30-8-10-37(52)46-39(30)53/h7,9,17-23,27-28,30H,3-6,8,10-16H2,2H3,(H,45,54)(H,46,52,53)/t27?,28?,30-/m1/s1. The van der Waals surface area contributed by atoms with Crippen molar-refractivity contribution in [3.05, 3.63) is 94.7 Å². The maximum Gasteiger partial charge on any atom is 0.274 e. The summed E-state index contributed by atoms with van der Waals surface area (Å²) < 4.78 is 39.2. The first-order valence-electron chi connectivity index (χ1n) is 18.7. The Morgan fingerprint density at radius 1 is 1.00 bits per heavy atom. The van der Waals surface area contributed by atoms with Gasteiger partial charge in [0.05, 0.1) is 48.6 Å². The zero-order chi connectivity index (χ0) is 38.2. The average molecular weight is 750 g/mol. The number of piperazine rings is 1. The molecule has 3 amide bonds. The van der Waals surface area contributed by atoms with Crippen LogP contribution in [0.5, 0.6) is 5.75 Å². The molecule has 0 unspecified atom stereocenters. The number of benzene rings is 2. The molecule has 5 aromatic rings. The summed E-state index contributed by atoms with van der Waals surface area (Å²) in [5.41, 5.74) is 3.00. The van der Waals surface area contributed by atoms with Gasteiger partial charge >= 0.3 is 0 Å². The second-order valence-electron chi connectivity index (χ2n) is 14.6. The largest absolute Gasteiger partial charge is 0.494 e. The number of aromatic nitrogens is 4. The molecular formula is C40H41F2N9O4. The SMILES string of the molecule is [C-]#[N+]c1cnn2c(C(=O)Nc3cc4cn(C5CCC(N6CCN(CCc7cc(F)c([C@H]8CCC(=O)NC8=O)c(F)c7)CC6)CC5)nc4cc3OC)ccc2c1. The number of methoxy groups -OCH3 is 1. The van der Waals surface area contributed by atoms with Crippen LogP contribution in [0.4, 0.5) is 20.2 Å². The molecule has 3 aromatic heterocycles. The Balaban J connectivity index is 0.834. The Hall–Kier alpha value is -5.72. The lowest BCUT2D eigenvalue weighted by atomic mass is 9.89. The molecule has 15 heteroatoms. The summed E-state index contributed by atoms with van der Waals surface area (Å²) in [6.45, 7) is 11.5. The highest BCUT2D eigenvalue weighted by Gasteiger charge is 2.33. The number of fused-ring (bicyclic) bond motifs is 2. The van der Waals surface area contributed by atoms with Crippen LogP contribution in [0.25, 0.3) is 21.3 Å². The second-order valence-corrected chi connectivity index (χ2v) is 14.6. The Kier molecular flexibility index (Phi) is 10.0. The maximum absolute atomic E-state index is 15.0. The zero-order valence-corrected chi connectivity index (χ0v) is 30.4. The van der Waals surface area contributed by atoms with Crippen molar-refractivity contribution in [1.82, 2.24) is 34.5 Å². The predicted octanol–water partition coefficient (Wildman–Crippen LogP) is 5.64. The van der Waals surface area contributed by atoms with E-state index in [1.807, 2.05) is 23.0 Å². The summed E-state index contributed by atoms with van der Waals surface area (Å²) in [5, 5.41) is 15.2. The summed E-state index contributed by atoms with van der Waals surface area (Å²) >= 11 is 0. The third-order valence-electron chi connectivity index (χ3n) is 11.3. The summed E-state index contributed by atoms with van der Waals surface area (Å²) in [4.78, 5) is 45.3. The molecule has 5 heterocycles. The minimum Gasteiger partial charge on any atom is -0.494 e. The smallest absolute Gasteiger partial charge is 0.274 e. The van der Waals surface area contributed by atoms with Crippen LogP contribution in [0, 0.1) is 18.2 Å². The number of rotatable bonds is 9. The Bertz CT molecular complexity index is 2310. The fourth-order valence-corrected chi connectivity index (χ4v) is 8.34. The van der Waals surface area contributed by atoms with Gasteiger partial charge in [0.25, 0.3) is 5.91 Å². The van der Waals surface area contributed by atoms with Crippen molar-refractivity contribution in [2.75, 3.05) is 45.2 Å². The molecule has 2 aromatic carbocycles. The number of hydrogen-bond acceptors (Lipinski definition) is 8. The molecule has 55 heavy (non-hydrogen) atoms. The number of nitrogens with one attached hydrogen (secondary N) is 2. The van der Waals surface area contributed by atoms with E-state index in [1.165, 1.54) is 22.8 Å². The van der Waals surface area contributed by atoms with Gasteiger partial charge in [-0.2, -0.15) is 10.2 Å². The highest BCUT2D eigenvalue weighted by molar-refractivity contribution is 6.06. The third kappa shape index (κ3) is 7.39. The normalized spacial score (nSPS) is 21.1. The van der Waals surface area contributed by atoms with Gasteiger partial charge in [0.2, 0.25) is 17.5 Å². The molecule has 3 aliphatic rings. The molecule has 0 radical (unpaired) electrons. The Morgan fingerprint density at radius 3 is 2.45 bits per heavy atom. The van der Waals surface area contributed by atoms with Crippen molar-refractivity contribution in [1.29, 1.82) is 0 Å². The van der Waals surface area contributed by atoms with E-state index in [-0.39, 0.29) is 30.4 Å². The van der Waals surface area contributed by atoms with Crippen LogP contribution in [-0.2, 0) is 16.0 Å². The molecular weight excluding hydrogens is 708 g/mol. The van der Waals surface area contributed by atoms with Crippen molar-refractivity contribution in [2.45, 2.75) is 62.9 Å². The topological polar surface area (TPSA) is 130 Å². The molecule has 3 fully saturated rings. The second kappa shape index (κ2) is 15.2. The van der Waals surface area contributed by atoms with Crippen LogP contribution in [0.15, 0.2) is 54.9 Å². The molecule has 13 nitrogen and oxygen atoms in total. The average Bonchev–Trinajstić information content (AvgIpc) is 3.81. The lowest BCUT2D eigenvalue weighted by Gasteiger charge is -2.42. The van der Waals surface area contributed by atoms with Crippen LogP contribution in [-0.4, -0.2) is 92.8 Å². The first-order valence-corrected chi connectivity index (χ1v) is 18.7. The number of anilines is 1. The molecule has 0 bridgehead atoms. The maximum atomic E-state index is 15.0. The number of imide groups is 1. The van der Waals surface area contributed by atoms with E-state index >= 15 is 8.78 Å². The van der Waals surface area contributed by atoms with Crippen molar-refractivity contribution < 1.29 is 27.9 Å². The van der Waals surface area contributed by atoms with E-state index in [2.05, 4.69) is 30.4 Å². The molecule has 2 N–H and O–H groups in total. The fourth-order valence-electron chi connectivity index (χ4n) is 8.34. The number of ether oxygens (including phenoxy) is 1. The van der Waals surface area contributed by atoms with E-state index in [0.717, 1.165) is 62.8 Å². The third-order valence-corrected chi connectivity index (χ3v) is 11.3. The summed E-state index contributed by atoms with van der Waals surface area (Å²) in [7, 11) is 1.56. The molecule has 1 saturated carbocycles. The first kappa shape index (κ1) is 36.3. The Morgan fingerprint density at radius 2 is 1.75 bits per heavy atom. The van der Waals surface area contributed by atoms with Crippen LogP contribution in [0.1, 0.15) is 72.1 Å². The van der Waals surface area contributed by atoms with Gasteiger partial charge in [0.1, 0.15) is 23.1 Å². The number of halogens is 2. The van der Waals surface area contributed by atoms with Crippen molar-refractivity contribution >= 4 is 45.5 Å². The van der Waals surface area contributed by atoms with E-state index in [9.17, 15) is 14.4 Å². The lowest BCUT2D eigenvalue weighted by molar-refractivity contribution is -0.134. The van der Waals surface area contributed by atoms with E-state index in [0.29, 0.717) is 52.9 Å². The van der Waals surface area contributed by atoms with Crippen LogP contribution in [0.3, 0.4) is 0 Å². The van der Waals surface area contributed by atoms with Crippen LogP contribution in [0.2, 0.25) is 0 Å². The van der Waals surface area contributed by atoms with Gasteiger partial charge in [0.15, 0.2) is 0 Å². The molecule has 0 spiro atoms. The van der Waals surface area contributed by atoms with Crippen LogP contribution < -0.4 is 15.4 Å². The van der Waals surface area contributed by atoms with Crippen molar-refractivity contribution in [3.63, 3.8) is 0 Å². The van der Waals surface area contributed by atoms with E-state index < -0.39 is 29.4 Å². The molecule has 1 atom stereocenters. The summed E-state index contributed by atoms with van der Waals surface area (Å²) in [6, 6.07) is 12.2. The molecule has 2 aliphatic heterocycles. The van der Waals surface area contributed by atoms with Crippen molar-refractivity contribution in [3.8, 4) is 5.75 Å². The van der Waals surface area contributed by atoms with Crippen molar-refractivity contribution in [2.24, 2.45) is 0 Å². The number of piperidine rings is 1. The van der Waals surface area contributed by atoms with Gasteiger partial charge in [-0.1, -0.05) is 0 Å². The number of carbonyl (C=O) groups is 3. The number of hydrogen-bond donors (Lipinski definition) is 2. The Labute approximate surface area is 316 Å². The number of carbonyl (C=O) groups excluding carboxylic acids is 3. The zero-order valence-electron chi connectivity index (χ0n) is 30.4. The van der Waals surface area contributed by atoms with E-state index in [4.69, 9.17) is 16.4 Å². The first-order chi connectivity index (χ1) is 26.7. The molecule has 2 saturated heterocycles.